The predicted octanol–water partition coefficient (Wildman–Crippen LogP) is 0.0233. The highest BCUT2D eigenvalue weighted by molar-refractivity contribution is 7.90. The number of carbonyl (C=O) groups is 2. The third-order valence-corrected chi connectivity index (χ3v) is 6.13. The summed E-state index contributed by atoms with van der Waals surface area (Å²) in [4.78, 5) is 25.4. The number of nitrogens with zero attached hydrogens (tertiary/aromatic N) is 3. The van der Waals surface area contributed by atoms with Gasteiger partial charge >= 0.3 is 10.2 Å². The Bertz CT molecular complexity index is 713. The van der Waals surface area contributed by atoms with Crippen molar-refractivity contribution in [1.29, 1.82) is 0 Å². The summed E-state index contributed by atoms with van der Waals surface area (Å²) in [5.41, 5.74) is 5.73. The molecule has 1 aliphatic heterocycles. The molecule has 2 rings (SSSR count). The monoisotopic (exact) mass is 368 g/mol. The molecule has 2 N–H and O–H groups in total. The molecular formula is C16H24N4O4S. The van der Waals surface area contributed by atoms with Crippen molar-refractivity contribution in [3.05, 3.63) is 30.3 Å². The average Bonchev–Trinajstić information content (AvgIpc) is 2.60. The molecule has 9 heteroatoms. The molecule has 1 fully saturated rings. The molecular weight excluding hydrogens is 344 g/mol. The topological polar surface area (TPSA) is 104 Å². The molecule has 138 valence electrons. The molecule has 0 saturated carbocycles. The second-order valence-electron chi connectivity index (χ2n) is 6.19. The number of likely N-dealkylation sites (tertiary alicyclic amines) is 1. The second kappa shape index (κ2) is 7.83. The number of nitrogens with two attached hydrogens (primary N) is 1. The van der Waals surface area contributed by atoms with E-state index in [2.05, 4.69) is 0 Å². The molecule has 1 heterocycles. The number of hydrogen-bond acceptors (Lipinski definition) is 4. The minimum Gasteiger partial charge on any atom is -0.369 e. The fraction of sp³-hybridized carbons (Fsp3) is 0.500. The first kappa shape index (κ1) is 19.2. The smallest absolute Gasteiger partial charge is 0.304 e. The van der Waals surface area contributed by atoms with Gasteiger partial charge in [-0.1, -0.05) is 18.2 Å². The Labute approximate surface area is 148 Å². The van der Waals surface area contributed by atoms with Gasteiger partial charge in [-0.2, -0.15) is 12.7 Å². The van der Waals surface area contributed by atoms with Crippen LogP contribution in [0.4, 0.5) is 5.69 Å². The van der Waals surface area contributed by atoms with Gasteiger partial charge in [0.1, 0.15) is 6.54 Å². The van der Waals surface area contributed by atoms with Crippen molar-refractivity contribution in [2.24, 2.45) is 11.7 Å². The van der Waals surface area contributed by atoms with Gasteiger partial charge in [-0.15, -0.1) is 0 Å². The molecule has 1 aliphatic rings. The Balaban J connectivity index is 2.15. The molecule has 0 atom stereocenters. The van der Waals surface area contributed by atoms with E-state index in [0.717, 1.165) is 8.61 Å². The summed E-state index contributed by atoms with van der Waals surface area (Å²) >= 11 is 0. The highest BCUT2D eigenvalue weighted by Crippen LogP contribution is 2.21. The van der Waals surface area contributed by atoms with E-state index in [1.807, 2.05) is 0 Å². The zero-order chi connectivity index (χ0) is 18.6. The quantitative estimate of drug-likeness (QED) is 0.764. The van der Waals surface area contributed by atoms with Crippen LogP contribution in [0.15, 0.2) is 30.3 Å². The van der Waals surface area contributed by atoms with Crippen LogP contribution in [0.1, 0.15) is 12.8 Å². The Hall–Kier alpha value is -2.13. The zero-order valence-electron chi connectivity index (χ0n) is 14.5. The van der Waals surface area contributed by atoms with Crippen LogP contribution >= 0.6 is 0 Å². The van der Waals surface area contributed by atoms with Gasteiger partial charge < -0.3 is 10.6 Å². The van der Waals surface area contributed by atoms with Crippen LogP contribution in [-0.4, -0.2) is 63.2 Å². The van der Waals surface area contributed by atoms with E-state index in [1.54, 1.807) is 35.2 Å². The maximum absolute atomic E-state index is 12.6. The van der Waals surface area contributed by atoms with Crippen LogP contribution in [0.2, 0.25) is 0 Å². The first-order valence-corrected chi connectivity index (χ1v) is 9.45. The Morgan fingerprint density at radius 2 is 1.72 bits per heavy atom. The lowest BCUT2D eigenvalue weighted by molar-refractivity contribution is -0.133. The molecule has 0 aromatic heterocycles. The standard InChI is InChI=1S/C16H24N4O4S/c1-18(2)25(23,24)20(14-6-4-3-5-7-14)12-15(21)19-10-8-13(9-11-19)16(17)22/h3-7,13H,8-12H2,1-2H3,(H2,17,22). The van der Waals surface area contributed by atoms with Gasteiger partial charge in [0, 0.05) is 33.1 Å². The third-order valence-electron chi connectivity index (χ3n) is 4.31. The van der Waals surface area contributed by atoms with Crippen LogP contribution in [-0.2, 0) is 19.8 Å². The number of para-hydroxylation sites is 1. The van der Waals surface area contributed by atoms with Crippen LogP contribution in [0.5, 0.6) is 0 Å². The molecule has 1 aromatic rings. The summed E-state index contributed by atoms with van der Waals surface area (Å²) in [5, 5.41) is 0. The number of amides is 2. The molecule has 8 nitrogen and oxygen atoms in total. The number of benzene rings is 1. The van der Waals surface area contributed by atoms with Gasteiger partial charge in [0.2, 0.25) is 11.8 Å². The first-order chi connectivity index (χ1) is 11.7. The maximum atomic E-state index is 12.6. The molecule has 25 heavy (non-hydrogen) atoms. The first-order valence-electron chi connectivity index (χ1n) is 8.06. The van der Waals surface area contributed by atoms with Crippen molar-refractivity contribution in [3.8, 4) is 0 Å². The van der Waals surface area contributed by atoms with Gasteiger partial charge in [0.15, 0.2) is 0 Å². The summed E-state index contributed by atoms with van der Waals surface area (Å²) in [5.74, 6) is -0.870. The number of rotatable bonds is 6. The number of carbonyl (C=O) groups excluding carboxylic acids is 2. The minimum absolute atomic E-state index is 0.222. The summed E-state index contributed by atoms with van der Waals surface area (Å²) < 4.78 is 27.4. The van der Waals surface area contributed by atoms with Crippen LogP contribution < -0.4 is 10.0 Å². The predicted molar refractivity (Wildman–Crippen MR) is 94.9 cm³/mol. The molecule has 0 radical (unpaired) electrons. The SMILES string of the molecule is CN(C)S(=O)(=O)N(CC(=O)N1CCC(C(N)=O)CC1)c1ccccc1. The summed E-state index contributed by atoms with van der Waals surface area (Å²) in [6.07, 6.45) is 1.01. The largest absolute Gasteiger partial charge is 0.369 e. The Kier molecular flexibility index (Phi) is 6.02. The highest BCUT2D eigenvalue weighted by atomic mass is 32.2. The highest BCUT2D eigenvalue weighted by Gasteiger charge is 2.31. The summed E-state index contributed by atoms with van der Waals surface area (Å²) in [7, 11) is -0.956. The lowest BCUT2D eigenvalue weighted by atomic mass is 9.96. The van der Waals surface area contributed by atoms with Crippen molar-refractivity contribution >= 4 is 27.7 Å². The summed E-state index contributed by atoms with van der Waals surface area (Å²) in [6.45, 7) is 0.514. The number of anilines is 1. The van der Waals surface area contributed by atoms with Crippen LogP contribution in [0.25, 0.3) is 0 Å². The van der Waals surface area contributed by atoms with Crippen LogP contribution in [0.3, 0.4) is 0 Å². The zero-order valence-corrected chi connectivity index (χ0v) is 15.3. The van der Waals surface area contributed by atoms with Gasteiger partial charge in [0.05, 0.1) is 5.69 Å². The van der Waals surface area contributed by atoms with Crippen molar-refractivity contribution in [2.75, 3.05) is 38.0 Å². The summed E-state index contributed by atoms with van der Waals surface area (Å²) in [6, 6.07) is 8.51. The van der Waals surface area contributed by atoms with E-state index in [0.29, 0.717) is 31.6 Å². The Morgan fingerprint density at radius 1 is 1.16 bits per heavy atom. The molecule has 1 aromatic carbocycles. The van der Waals surface area contributed by atoms with E-state index < -0.39 is 10.2 Å². The fourth-order valence-corrected chi connectivity index (χ4v) is 3.79. The van der Waals surface area contributed by atoms with Gasteiger partial charge in [0.25, 0.3) is 0 Å². The van der Waals surface area contributed by atoms with E-state index in [9.17, 15) is 18.0 Å². The minimum atomic E-state index is -3.80. The van der Waals surface area contributed by atoms with Crippen molar-refractivity contribution in [1.82, 2.24) is 9.21 Å². The normalized spacial score (nSPS) is 16.0. The number of hydrogen-bond donors (Lipinski definition) is 1. The molecule has 1 saturated heterocycles. The fourth-order valence-electron chi connectivity index (χ4n) is 2.73. The number of primary amides is 1. The van der Waals surface area contributed by atoms with E-state index >= 15 is 0 Å². The van der Waals surface area contributed by atoms with Crippen molar-refractivity contribution < 1.29 is 18.0 Å². The van der Waals surface area contributed by atoms with Gasteiger partial charge in [-0.3, -0.25) is 9.59 Å². The molecule has 0 spiro atoms. The number of piperidine rings is 1. The Morgan fingerprint density at radius 3 is 2.20 bits per heavy atom. The van der Waals surface area contributed by atoms with Crippen molar-refractivity contribution in [2.45, 2.75) is 12.8 Å². The second-order valence-corrected chi connectivity index (χ2v) is 8.26. The molecule has 0 bridgehead atoms. The lowest BCUT2D eigenvalue weighted by Gasteiger charge is -2.33. The molecule has 2 amide bonds. The average molecular weight is 368 g/mol. The molecule has 0 unspecified atom stereocenters. The third kappa shape index (κ3) is 4.49. The molecule has 0 aliphatic carbocycles. The van der Waals surface area contributed by atoms with E-state index in [1.165, 1.54) is 14.1 Å². The maximum Gasteiger partial charge on any atom is 0.304 e. The lowest BCUT2D eigenvalue weighted by Crippen LogP contribution is -2.49. The van der Waals surface area contributed by atoms with Gasteiger partial charge in [-0.25, -0.2) is 4.31 Å². The van der Waals surface area contributed by atoms with E-state index in [-0.39, 0.29) is 24.3 Å². The van der Waals surface area contributed by atoms with Gasteiger partial charge in [-0.05, 0) is 25.0 Å². The van der Waals surface area contributed by atoms with Crippen LogP contribution in [0, 0.1) is 5.92 Å². The van der Waals surface area contributed by atoms with E-state index in [4.69, 9.17) is 5.73 Å². The van der Waals surface area contributed by atoms with Crippen molar-refractivity contribution in [3.63, 3.8) is 0 Å².